The molecule has 80 heavy (non-hydrogen) atoms. The fourth-order valence-corrected chi connectivity index (χ4v) is 19.8. The number of fused-ring (bicyclic) bond motifs is 12. The van der Waals surface area contributed by atoms with Crippen molar-refractivity contribution < 1.29 is 148 Å². The first-order chi connectivity index (χ1) is 36.7. The normalized spacial score (nSPS) is 38.0. The minimum atomic E-state index is -0.538. The van der Waals surface area contributed by atoms with Gasteiger partial charge in [-0.1, -0.05) is 60.4 Å². The quantitative estimate of drug-likeness (QED) is 0.0505. The van der Waals surface area contributed by atoms with Crippen molar-refractivity contribution in [2.75, 3.05) is 32.8 Å². The van der Waals surface area contributed by atoms with Crippen LogP contribution in [0.15, 0.2) is 48.8 Å². The molecule has 8 fully saturated rings. The van der Waals surface area contributed by atoms with Gasteiger partial charge < -0.3 is 31.3 Å². The zero-order valence-corrected chi connectivity index (χ0v) is 57.6. The van der Waals surface area contributed by atoms with Crippen molar-refractivity contribution in [1.29, 1.82) is 0 Å². The van der Waals surface area contributed by atoms with E-state index >= 15 is 0 Å². The van der Waals surface area contributed by atoms with Crippen molar-refractivity contribution in [1.82, 2.24) is 20.0 Å². The van der Waals surface area contributed by atoms with E-state index in [1.54, 1.807) is 6.20 Å². The number of ether oxygens (including phenoxy) is 2. The van der Waals surface area contributed by atoms with E-state index in [9.17, 15) is 19.8 Å². The van der Waals surface area contributed by atoms with E-state index in [0.29, 0.717) is 69.9 Å². The molecular weight excluding hydrogens is 1170 g/mol. The van der Waals surface area contributed by atoms with Crippen molar-refractivity contribution >= 4 is 79.0 Å². The average molecular weight is 1260 g/mol. The van der Waals surface area contributed by atoms with Gasteiger partial charge in [0.1, 0.15) is 12.3 Å². The number of halogens is 3. The first-order valence-electron chi connectivity index (χ1n) is 28.7. The van der Waals surface area contributed by atoms with Gasteiger partial charge in [0.2, 0.25) is 0 Å². The minimum absolute atomic E-state index is 0. The van der Waals surface area contributed by atoms with Crippen LogP contribution in [0, 0.1) is 80.8 Å². The van der Waals surface area contributed by atoms with Crippen LogP contribution in [0.4, 0.5) is 0 Å². The van der Waals surface area contributed by atoms with Gasteiger partial charge in [0.15, 0.2) is 5.78 Å². The van der Waals surface area contributed by atoms with Gasteiger partial charge in [-0.3, -0.25) is 24.2 Å². The van der Waals surface area contributed by atoms with Gasteiger partial charge in [0.05, 0.1) is 53.2 Å². The third-order valence-corrected chi connectivity index (χ3v) is 23.4. The number of rotatable bonds is 10. The van der Waals surface area contributed by atoms with Crippen LogP contribution in [-0.2, 0) is 35.3 Å². The van der Waals surface area contributed by atoms with Gasteiger partial charge in [-0.2, -0.15) is 10.2 Å². The number of alkyl halides is 1. The van der Waals surface area contributed by atoms with Gasteiger partial charge in [-0.05, 0) is 235 Å². The number of aromatic amines is 1. The molecule has 2 heterocycles. The van der Waals surface area contributed by atoms with Crippen LogP contribution >= 0.6 is 39.1 Å². The molecule has 8 aliphatic carbocycles. The van der Waals surface area contributed by atoms with E-state index in [1.165, 1.54) is 51.4 Å². The molecule has 8 saturated carbocycles. The number of hydrogen-bond donors (Lipinski definition) is 3. The Hall–Kier alpha value is 0.323. The standard InChI is InChI=1S/C30H41ClN2O3.C23H37BrO3.C7H5ClN2.CH2O3.CH4.2K.H/c1-28(35)12-13-30(18-36-3)20(15-28)5-7-22-23-8-9-25(29(23,2)11-10-24(22)30)27(34)17-33-26-14-21(31)6-4-19(26)16-32-33;1-21(26)10-11-23(14-27-3)15(12-21)4-5-16-17-6-7-19(20(25)13-24)22(17,2)9-8-18(16)23;8-6-2-1-5-4-9-10-7(5)3-6;2-1-4-3;;;;/h4,6,14,16,20,22-25,35H,5,7-13,15,17-18H2,1-3H3;15-19,26H,4-14H2,1-3H3;1-4H,(H,9,10);1,3H;1H4;;;/q;;;;;2*+1;-1/p-1/t20-,22+,23+,24+,25-,28-,29+,30-;15-,16+,17+,18+,19-,21-,22+,23-;;;;;;/m11....../s1. The second kappa shape index (κ2) is 28.7. The number of carbonyl (C=O) groups is 3. The second-order valence-corrected chi connectivity index (χ2v) is 27.7. The third-order valence-electron chi connectivity index (χ3n) is 22.4. The maximum absolute atomic E-state index is 13.8. The van der Waals surface area contributed by atoms with Crippen LogP contribution in [0.2, 0.25) is 10.0 Å². The molecule has 4 aromatic rings. The molecule has 434 valence electrons. The Morgan fingerprint density at radius 2 is 1.20 bits per heavy atom. The molecule has 12 rings (SSSR count). The molecule has 13 nitrogen and oxygen atoms in total. The summed E-state index contributed by atoms with van der Waals surface area (Å²) in [6.07, 6.45) is 23.5. The summed E-state index contributed by atoms with van der Waals surface area (Å²) in [5.41, 5.74) is 1.59. The topological polar surface area (TPSA) is 189 Å². The molecule has 0 radical (unpaired) electrons. The third kappa shape index (κ3) is 13.8. The molecule has 0 saturated heterocycles. The Bertz CT molecular complexity index is 2740. The van der Waals surface area contributed by atoms with Crippen LogP contribution in [-0.4, -0.2) is 92.2 Å². The fraction of sp³-hybridized carbons (Fsp3) is 0.726. The summed E-state index contributed by atoms with van der Waals surface area (Å²) in [6.45, 7) is 10.7. The van der Waals surface area contributed by atoms with Crippen molar-refractivity contribution in [2.45, 2.75) is 168 Å². The number of hydrogen-bond acceptors (Lipinski definition) is 11. The van der Waals surface area contributed by atoms with Crippen LogP contribution in [0.25, 0.3) is 21.8 Å². The number of aromatic nitrogens is 4. The first-order valence-corrected chi connectivity index (χ1v) is 30.6. The largest absolute Gasteiger partial charge is 1.00 e. The van der Waals surface area contributed by atoms with Crippen molar-refractivity contribution in [3.05, 3.63) is 58.8 Å². The predicted molar refractivity (Wildman–Crippen MR) is 309 cm³/mol. The summed E-state index contributed by atoms with van der Waals surface area (Å²) in [6, 6.07) is 11.4. The zero-order valence-electron chi connectivity index (χ0n) is 49.3. The zero-order chi connectivity index (χ0) is 55.1. The number of nitrogens with zero attached hydrogens (tertiary/aromatic N) is 3. The summed E-state index contributed by atoms with van der Waals surface area (Å²) in [5.74, 6) is 6.32. The summed E-state index contributed by atoms with van der Waals surface area (Å²) >= 11 is 15.4. The maximum atomic E-state index is 13.8. The smallest absolute Gasteiger partial charge is 1.00 e. The average Bonchev–Trinajstić information content (AvgIpc) is 3.86. The summed E-state index contributed by atoms with van der Waals surface area (Å²) < 4.78 is 13.6. The Labute approximate surface area is 580 Å². The van der Waals surface area contributed by atoms with Gasteiger partial charge in [-0.25, -0.2) is 0 Å². The molecule has 0 spiro atoms. The number of ketones is 2. The SMILES string of the molecule is C.COC[C@]12CC[C@@](C)(O)C[C@H]1CC[C@H]1[C@@H]3CC[C@H](C(=O)CBr)[C@@]3(C)CC[C@@H]12.COC[C@]12CC[C@@](C)(O)C[C@H]1CC[C@H]1[C@@H]3CC[C@H](C(=O)Cn4ncc5ccc(Cl)cc54)[C@@]3(C)CC[C@@H]12.Clc1ccc2cn[nH]c2c1.O=CO[O-].[H-].[K+].[K+]. The van der Waals surface area contributed by atoms with E-state index in [0.717, 1.165) is 110 Å². The first kappa shape index (κ1) is 69.4. The summed E-state index contributed by atoms with van der Waals surface area (Å²) in [4.78, 5) is 37.6. The number of nitrogens with one attached hydrogen (secondary N) is 1. The molecule has 0 amide bonds. The monoisotopic (exact) mass is 1260 g/mol. The van der Waals surface area contributed by atoms with Gasteiger partial charge in [0, 0.05) is 46.9 Å². The fourth-order valence-electron chi connectivity index (χ4n) is 19.1. The Balaban J connectivity index is 0.000000235. The molecule has 2 aromatic carbocycles. The number of H-pyrrole nitrogens is 1. The van der Waals surface area contributed by atoms with Crippen LogP contribution in [0.5, 0.6) is 0 Å². The molecule has 8 aliphatic rings. The number of carbonyl (C=O) groups excluding carboxylic acids is 3. The molecule has 0 bridgehead atoms. The Kier molecular flexibility index (Phi) is 24.9. The second-order valence-electron chi connectivity index (χ2n) is 26.3. The maximum Gasteiger partial charge on any atom is 1.00 e. The number of methoxy groups -OCH3 is 2. The predicted octanol–water partition coefficient (Wildman–Crippen LogP) is 6.69. The minimum Gasteiger partial charge on any atom is -1.00 e. The van der Waals surface area contributed by atoms with E-state index in [-0.39, 0.29) is 152 Å². The van der Waals surface area contributed by atoms with Crippen molar-refractivity contribution in [2.24, 2.45) is 80.8 Å². The molecule has 3 N–H and O–H groups in total. The van der Waals surface area contributed by atoms with E-state index in [1.807, 2.05) is 75.3 Å². The molecule has 2 aromatic heterocycles. The summed E-state index contributed by atoms with van der Waals surface area (Å²) in [7, 11) is 3.71. The van der Waals surface area contributed by atoms with E-state index < -0.39 is 11.2 Å². The number of Topliss-reactive ketones (excluding diaryl/α,β-unsaturated/α-hetero) is 2. The summed E-state index contributed by atoms with van der Waals surface area (Å²) in [5, 5.41) is 45.3. The van der Waals surface area contributed by atoms with Crippen LogP contribution in [0.3, 0.4) is 0 Å². The molecule has 0 aliphatic heterocycles. The van der Waals surface area contributed by atoms with Crippen LogP contribution in [0.1, 0.15) is 152 Å². The molecule has 16 atom stereocenters. The van der Waals surface area contributed by atoms with E-state index in [4.69, 9.17) is 42.7 Å². The molecule has 0 unspecified atom stereocenters. The Morgan fingerprint density at radius 3 is 1.69 bits per heavy atom. The van der Waals surface area contributed by atoms with Gasteiger partial charge >= 0.3 is 103 Å². The molecule has 18 heteroatoms. The molecular formula is C62H89BrCl2K2N4O9. The number of benzene rings is 2. The Morgan fingerprint density at radius 1 is 0.713 bits per heavy atom. The van der Waals surface area contributed by atoms with Crippen molar-refractivity contribution in [3.63, 3.8) is 0 Å². The van der Waals surface area contributed by atoms with Gasteiger partial charge in [-0.15, -0.1) is 0 Å². The van der Waals surface area contributed by atoms with Crippen LogP contribution < -0.4 is 108 Å². The van der Waals surface area contributed by atoms with Crippen molar-refractivity contribution in [3.8, 4) is 0 Å². The van der Waals surface area contributed by atoms with E-state index in [2.05, 4.69) is 50.0 Å². The number of aliphatic hydroxyl groups is 2. The van der Waals surface area contributed by atoms with Gasteiger partial charge in [0.25, 0.3) is 6.47 Å².